The zero-order valence-corrected chi connectivity index (χ0v) is 16.2. The van der Waals surface area contributed by atoms with Crippen molar-refractivity contribution in [3.63, 3.8) is 0 Å². The van der Waals surface area contributed by atoms with Crippen molar-refractivity contribution in [3.8, 4) is 5.75 Å². The summed E-state index contributed by atoms with van der Waals surface area (Å²) in [6.45, 7) is 0. The molecule has 0 saturated heterocycles. The van der Waals surface area contributed by atoms with E-state index < -0.39 is 47.4 Å². The van der Waals surface area contributed by atoms with Crippen molar-refractivity contribution in [2.75, 3.05) is 0 Å². The van der Waals surface area contributed by atoms with Crippen molar-refractivity contribution < 1.29 is 40.9 Å². The third kappa shape index (κ3) is 4.13. The minimum Gasteiger partial charge on any atom is -0.744 e. The standard InChI is InChI=1S/C17H12N2O9S2/c20-16-14(30(26,27)28)8-9-7-10(29(23,24)25)5-6-11(9)15(16)19-18-13-4-2-1-3-12(13)17(21)22/h1-8,20H,(H,21,22)(H,23,24,25)(H,26,27,28)/p-2. The van der Waals surface area contributed by atoms with Gasteiger partial charge in [-0.05, 0) is 35.7 Å². The smallest absolute Gasteiger partial charge is 0.337 e. The first-order valence-electron chi connectivity index (χ1n) is 7.85. The molecule has 0 atom stereocenters. The van der Waals surface area contributed by atoms with Gasteiger partial charge in [0.2, 0.25) is 0 Å². The quantitative estimate of drug-likeness (QED) is 0.433. The Morgan fingerprint density at radius 1 is 0.900 bits per heavy atom. The van der Waals surface area contributed by atoms with Gasteiger partial charge in [-0.2, -0.15) is 0 Å². The molecule has 0 spiro atoms. The van der Waals surface area contributed by atoms with Crippen LogP contribution < -0.4 is 0 Å². The van der Waals surface area contributed by atoms with Gasteiger partial charge in [0, 0.05) is 5.39 Å². The molecule has 3 rings (SSSR count). The summed E-state index contributed by atoms with van der Waals surface area (Å²) >= 11 is 0. The second kappa shape index (κ2) is 7.46. The van der Waals surface area contributed by atoms with E-state index in [2.05, 4.69) is 10.2 Å². The fourth-order valence-electron chi connectivity index (χ4n) is 2.62. The van der Waals surface area contributed by atoms with E-state index >= 15 is 0 Å². The third-order valence-corrected chi connectivity index (χ3v) is 5.65. The number of hydrogen-bond acceptors (Lipinski definition) is 10. The van der Waals surface area contributed by atoms with Crippen molar-refractivity contribution in [2.45, 2.75) is 9.79 Å². The summed E-state index contributed by atoms with van der Waals surface area (Å²) in [6.07, 6.45) is 0. The van der Waals surface area contributed by atoms with Crippen molar-refractivity contribution in [2.24, 2.45) is 10.2 Å². The van der Waals surface area contributed by atoms with Crippen molar-refractivity contribution in [1.29, 1.82) is 0 Å². The van der Waals surface area contributed by atoms with Crippen molar-refractivity contribution in [3.05, 3.63) is 54.1 Å². The average Bonchev–Trinajstić information content (AvgIpc) is 2.65. The lowest BCUT2D eigenvalue weighted by atomic mass is 10.1. The van der Waals surface area contributed by atoms with Crippen LogP contribution in [-0.2, 0) is 20.2 Å². The van der Waals surface area contributed by atoms with Gasteiger partial charge in [-0.25, -0.2) is 21.6 Å². The van der Waals surface area contributed by atoms with E-state index in [1.165, 1.54) is 24.3 Å². The number of hydrogen-bond donors (Lipinski definition) is 2. The maximum Gasteiger partial charge on any atom is 0.337 e. The zero-order valence-electron chi connectivity index (χ0n) is 14.6. The van der Waals surface area contributed by atoms with Crippen LogP contribution >= 0.6 is 0 Å². The zero-order chi connectivity index (χ0) is 22.3. The molecule has 156 valence electrons. The van der Waals surface area contributed by atoms with Crippen molar-refractivity contribution in [1.82, 2.24) is 0 Å². The highest BCUT2D eigenvalue weighted by Crippen LogP contribution is 2.42. The molecule has 0 saturated carbocycles. The molecule has 0 aliphatic rings. The Balaban J connectivity index is 2.33. The number of phenols is 1. The second-order valence-electron chi connectivity index (χ2n) is 5.89. The summed E-state index contributed by atoms with van der Waals surface area (Å²) in [4.78, 5) is 9.46. The number of aromatic carboxylic acids is 1. The normalized spacial score (nSPS) is 12.5. The third-order valence-electron chi connectivity index (χ3n) is 3.97. The molecule has 0 aliphatic carbocycles. The largest absolute Gasteiger partial charge is 0.744 e. The molecule has 13 heteroatoms. The lowest BCUT2D eigenvalue weighted by Gasteiger charge is -2.14. The summed E-state index contributed by atoms with van der Waals surface area (Å²) in [5.41, 5.74) is -0.902. The summed E-state index contributed by atoms with van der Waals surface area (Å²) < 4.78 is 68.2. The van der Waals surface area contributed by atoms with Crippen LogP contribution in [0, 0.1) is 0 Å². The first kappa shape index (κ1) is 21.3. The minimum absolute atomic E-state index is 0.0381. The number of rotatable bonds is 5. The Morgan fingerprint density at radius 3 is 2.17 bits per heavy atom. The van der Waals surface area contributed by atoms with Crippen LogP contribution in [0.3, 0.4) is 0 Å². The van der Waals surface area contributed by atoms with Crippen LogP contribution in [0.4, 0.5) is 11.4 Å². The van der Waals surface area contributed by atoms with Crippen LogP contribution in [0.25, 0.3) is 10.8 Å². The summed E-state index contributed by atoms with van der Waals surface area (Å²) in [6, 6.07) is 8.91. The van der Waals surface area contributed by atoms with E-state index in [9.17, 15) is 40.9 Å². The average molecular weight is 450 g/mol. The molecule has 2 N–H and O–H groups in total. The number of carbonyl (C=O) groups is 1. The molecular formula is C17H10N2O9S2-2. The molecule has 0 unspecified atom stereocenters. The SMILES string of the molecule is O=C(O)c1ccccc1N=Nc1c(O)c(S(=O)(=O)[O-])cc2cc(S(=O)(=O)[O-])ccc12. The Hall–Kier alpha value is -3.39. The van der Waals surface area contributed by atoms with Crippen LogP contribution in [0.2, 0.25) is 0 Å². The molecule has 0 heterocycles. The maximum absolute atomic E-state index is 11.5. The second-order valence-corrected chi connectivity index (χ2v) is 8.61. The highest BCUT2D eigenvalue weighted by Gasteiger charge is 2.18. The molecule has 0 fully saturated rings. The maximum atomic E-state index is 11.5. The monoisotopic (exact) mass is 450 g/mol. The van der Waals surface area contributed by atoms with Gasteiger partial charge in [0.25, 0.3) is 0 Å². The van der Waals surface area contributed by atoms with E-state index in [0.717, 1.165) is 18.2 Å². The molecule has 0 bridgehead atoms. The Morgan fingerprint density at radius 2 is 1.57 bits per heavy atom. The fraction of sp³-hybridized carbons (Fsp3) is 0. The fourth-order valence-corrected chi connectivity index (χ4v) is 3.73. The van der Waals surface area contributed by atoms with Gasteiger partial charge in [-0.3, -0.25) is 0 Å². The first-order chi connectivity index (χ1) is 13.9. The number of nitrogens with zero attached hydrogens (tertiary/aromatic N) is 2. The van der Waals surface area contributed by atoms with Crippen LogP contribution in [-0.4, -0.2) is 42.1 Å². The lowest BCUT2D eigenvalue weighted by molar-refractivity contribution is 0.0697. The molecule has 0 radical (unpaired) electrons. The van der Waals surface area contributed by atoms with E-state index in [-0.39, 0.29) is 22.0 Å². The number of benzene rings is 3. The number of aromatic hydroxyl groups is 1. The van der Waals surface area contributed by atoms with Crippen LogP contribution in [0.15, 0.2) is 68.6 Å². The van der Waals surface area contributed by atoms with Gasteiger partial charge >= 0.3 is 5.97 Å². The Bertz CT molecular complexity index is 1430. The predicted octanol–water partition coefficient (Wildman–Crippen LogP) is 2.47. The topological polar surface area (TPSA) is 197 Å². The molecule has 3 aromatic rings. The van der Waals surface area contributed by atoms with Gasteiger partial charge in [0.1, 0.15) is 31.6 Å². The molecule has 0 aromatic heterocycles. The molecule has 11 nitrogen and oxygen atoms in total. The highest BCUT2D eigenvalue weighted by atomic mass is 32.2. The Labute approximate surface area is 169 Å². The summed E-state index contributed by atoms with van der Waals surface area (Å²) in [5.74, 6) is -2.38. The first-order valence-corrected chi connectivity index (χ1v) is 10.7. The Kier molecular flexibility index (Phi) is 5.30. The predicted molar refractivity (Wildman–Crippen MR) is 99.1 cm³/mol. The molecule has 0 amide bonds. The van der Waals surface area contributed by atoms with Gasteiger partial charge < -0.3 is 19.3 Å². The van der Waals surface area contributed by atoms with Crippen molar-refractivity contribution >= 4 is 48.4 Å². The minimum atomic E-state index is -5.22. The lowest BCUT2D eigenvalue weighted by Crippen LogP contribution is -2.01. The van der Waals surface area contributed by atoms with E-state index in [0.29, 0.717) is 6.07 Å². The van der Waals surface area contributed by atoms with Gasteiger partial charge in [0.05, 0.1) is 15.4 Å². The van der Waals surface area contributed by atoms with Crippen LogP contribution in [0.1, 0.15) is 10.4 Å². The molecule has 30 heavy (non-hydrogen) atoms. The molecular weight excluding hydrogens is 440 g/mol. The number of carboxylic acids is 1. The highest BCUT2D eigenvalue weighted by molar-refractivity contribution is 7.86. The van der Waals surface area contributed by atoms with Gasteiger partial charge in [-0.1, -0.05) is 18.2 Å². The van der Waals surface area contributed by atoms with E-state index in [1.54, 1.807) is 0 Å². The van der Waals surface area contributed by atoms with Gasteiger partial charge in [0.15, 0.2) is 5.75 Å². The molecule has 3 aromatic carbocycles. The number of fused-ring (bicyclic) bond motifs is 1. The van der Waals surface area contributed by atoms with Gasteiger partial charge in [-0.15, -0.1) is 10.2 Å². The van der Waals surface area contributed by atoms with E-state index in [1.807, 2.05) is 0 Å². The van der Waals surface area contributed by atoms with Crippen LogP contribution in [0.5, 0.6) is 5.75 Å². The molecule has 0 aliphatic heterocycles. The summed E-state index contributed by atoms with van der Waals surface area (Å²) in [7, 11) is -10.1. The van der Waals surface area contributed by atoms with E-state index in [4.69, 9.17) is 0 Å². The number of carboxylic acid groups (broad SMARTS) is 1. The summed E-state index contributed by atoms with van der Waals surface area (Å²) in [5, 5.41) is 26.6. The number of phenolic OH excluding ortho intramolecular Hbond substituents is 1. The number of azo groups is 1.